The Bertz CT molecular complexity index is 290. The highest BCUT2D eigenvalue weighted by molar-refractivity contribution is 5.69. The van der Waals surface area contributed by atoms with E-state index in [1.165, 1.54) is 6.42 Å². The molecule has 1 spiro atoms. The highest BCUT2D eigenvalue weighted by Gasteiger charge is 2.61. The van der Waals surface area contributed by atoms with Gasteiger partial charge in [0, 0.05) is 18.5 Å². The van der Waals surface area contributed by atoms with Crippen LogP contribution in [0.3, 0.4) is 0 Å². The summed E-state index contributed by atoms with van der Waals surface area (Å²) in [6, 6.07) is 0. The molecular weight excluding hydrogens is 204 g/mol. The van der Waals surface area contributed by atoms with Crippen LogP contribution in [0.1, 0.15) is 33.6 Å². The maximum Gasteiger partial charge on any atom is 0.410 e. The molecule has 0 aromatic carbocycles. The average Bonchev–Trinajstić information content (AvgIpc) is 2.73. The first kappa shape index (κ1) is 11.7. The fraction of sp³-hybridized carbons (Fsp3) is 0.917. The van der Waals surface area contributed by atoms with Crippen LogP contribution in [0.25, 0.3) is 0 Å². The fourth-order valence-corrected chi connectivity index (χ4v) is 2.60. The third kappa shape index (κ3) is 2.17. The van der Waals surface area contributed by atoms with Gasteiger partial charge in [-0.1, -0.05) is 0 Å². The molecule has 92 valence electrons. The number of nitrogens with zero attached hydrogens (tertiary/aromatic N) is 1. The molecule has 0 radical (unpaired) electrons. The number of rotatable bonds is 2. The molecule has 1 aliphatic carbocycles. The van der Waals surface area contributed by atoms with E-state index in [0.717, 1.165) is 32.0 Å². The zero-order valence-electron chi connectivity index (χ0n) is 10.5. The number of carbonyl (C=O) groups is 1. The molecular formula is C12H22N2O2. The summed E-state index contributed by atoms with van der Waals surface area (Å²) in [6.45, 7) is 8.19. The highest BCUT2D eigenvalue weighted by atomic mass is 16.6. The Kier molecular flexibility index (Phi) is 2.65. The van der Waals surface area contributed by atoms with Gasteiger partial charge in [-0.2, -0.15) is 0 Å². The molecule has 0 bridgehead atoms. The van der Waals surface area contributed by atoms with Crippen LogP contribution in [0.15, 0.2) is 0 Å². The van der Waals surface area contributed by atoms with Gasteiger partial charge in [-0.05, 0) is 46.1 Å². The van der Waals surface area contributed by atoms with Crippen molar-refractivity contribution in [2.75, 3.05) is 19.6 Å². The van der Waals surface area contributed by atoms with Crippen molar-refractivity contribution >= 4 is 6.09 Å². The number of carbonyl (C=O) groups excluding carboxylic acids is 1. The summed E-state index contributed by atoms with van der Waals surface area (Å²) >= 11 is 0. The van der Waals surface area contributed by atoms with Crippen LogP contribution in [-0.2, 0) is 4.74 Å². The number of nitrogens with two attached hydrogens (primary N) is 1. The predicted molar refractivity (Wildman–Crippen MR) is 62.0 cm³/mol. The van der Waals surface area contributed by atoms with Crippen molar-refractivity contribution in [2.45, 2.75) is 39.2 Å². The van der Waals surface area contributed by atoms with E-state index >= 15 is 0 Å². The number of hydrogen-bond donors (Lipinski definition) is 1. The van der Waals surface area contributed by atoms with Gasteiger partial charge in [-0.25, -0.2) is 4.79 Å². The lowest BCUT2D eigenvalue weighted by atomic mass is 9.93. The summed E-state index contributed by atoms with van der Waals surface area (Å²) in [5.74, 6) is 0.746. The van der Waals surface area contributed by atoms with Gasteiger partial charge in [-0.3, -0.25) is 0 Å². The lowest BCUT2D eigenvalue weighted by Crippen LogP contribution is -2.53. The van der Waals surface area contributed by atoms with Crippen molar-refractivity contribution in [3.8, 4) is 0 Å². The van der Waals surface area contributed by atoms with E-state index in [-0.39, 0.29) is 11.7 Å². The van der Waals surface area contributed by atoms with E-state index in [2.05, 4.69) is 0 Å². The van der Waals surface area contributed by atoms with Gasteiger partial charge in [0.2, 0.25) is 0 Å². The first-order valence-electron chi connectivity index (χ1n) is 6.04. The molecule has 1 saturated heterocycles. The van der Waals surface area contributed by atoms with E-state index in [1.807, 2.05) is 25.7 Å². The third-order valence-electron chi connectivity index (χ3n) is 3.54. The Morgan fingerprint density at radius 2 is 2.12 bits per heavy atom. The molecule has 4 heteroatoms. The first-order valence-corrected chi connectivity index (χ1v) is 6.04. The minimum atomic E-state index is -0.389. The Morgan fingerprint density at radius 1 is 1.50 bits per heavy atom. The van der Waals surface area contributed by atoms with E-state index in [9.17, 15) is 4.79 Å². The number of hydrogen-bond acceptors (Lipinski definition) is 3. The smallest absolute Gasteiger partial charge is 0.410 e. The molecule has 1 heterocycles. The van der Waals surface area contributed by atoms with Crippen LogP contribution < -0.4 is 5.73 Å². The molecule has 1 amide bonds. The summed E-state index contributed by atoms with van der Waals surface area (Å²) in [7, 11) is 0. The van der Waals surface area contributed by atoms with Crippen LogP contribution in [0, 0.1) is 11.3 Å². The van der Waals surface area contributed by atoms with Crippen molar-refractivity contribution in [3.63, 3.8) is 0 Å². The minimum absolute atomic E-state index is 0.170. The van der Waals surface area contributed by atoms with Crippen molar-refractivity contribution in [1.29, 1.82) is 0 Å². The second-order valence-corrected chi connectivity index (χ2v) is 6.18. The van der Waals surface area contributed by atoms with E-state index in [0.29, 0.717) is 5.41 Å². The molecule has 2 fully saturated rings. The molecule has 16 heavy (non-hydrogen) atoms. The van der Waals surface area contributed by atoms with Crippen molar-refractivity contribution in [2.24, 2.45) is 17.1 Å². The van der Waals surface area contributed by atoms with Gasteiger partial charge in [-0.15, -0.1) is 0 Å². The van der Waals surface area contributed by atoms with Crippen LogP contribution >= 0.6 is 0 Å². The molecule has 1 aliphatic heterocycles. The monoisotopic (exact) mass is 226 g/mol. The normalized spacial score (nSPS) is 26.5. The predicted octanol–water partition coefficient (Wildman–Crippen LogP) is 1.59. The van der Waals surface area contributed by atoms with Crippen LogP contribution in [0.5, 0.6) is 0 Å². The molecule has 4 nitrogen and oxygen atoms in total. The van der Waals surface area contributed by atoms with Crippen LogP contribution in [-0.4, -0.2) is 36.2 Å². The second-order valence-electron chi connectivity index (χ2n) is 6.18. The van der Waals surface area contributed by atoms with Gasteiger partial charge in [0.15, 0.2) is 0 Å². The molecule has 0 aromatic heterocycles. The summed E-state index contributed by atoms with van der Waals surface area (Å²) in [5, 5.41) is 0. The highest BCUT2D eigenvalue weighted by Crippen LogP contribution is 2.60. The Hall–Kier alpha value is -0.770. The second kappa shape index (κ2) is 3.62. The van der Waals surface area contributed by atoms with Crippen LogP contribution in [0.4, 0.5) is 4.79 Å². The summed E-state index contributed by atoms with van der Waals surface area (Å²) in [5.41, 5.74) is 5.57. The molecule has 2 N–H and O–H groups in total. The SMILES string of the molecule is CC(C)(C)OC(=O)N1CC2(CC2CCN)C1. The van der Waals surface area contributed by atoms with E-state index < -0.39 is 0 Å². The molecule has 1 unspecified atom stereocenters. The average molecular weight is 226 g/mol. The third-order valence-corrected chi connectivity index (χ3v) is 3.54. The quantitative estimate of drug-likeness (QED) is 0.778. The van der Waals surface area contributed by atoms with Gasteiger partial charge >= 0.3 is 6.09 Å². The lowest BCUT2D eigenvalue weighted by Gasteiger charge is -2.41. The summed E-state index contributed by atoms with van der Waals surface area (Å²) in [4.78, 5) is 13.5. The Morgan fingerprint density at radius 3 is 2.62 bits per heavy atom. The number of amides is 1. The maximum absolute atomic E-state index is 11.7. The molecule has 2 aliphatic rings. The first-order chi connectivity index (χ1) is 7.36. The zero-order chi connectivity index (χ0) is 12.0. The topological polar surface area (TPSA) is 55.6 Å². The van der Waals surface area contributed by atoms with E-state index in [1.54, 1.807) is 0 Å². The maximum atomic E-state index is 11.7. The summed E-state index contributed by atoms with van der Waals surface area (Å²) in [6.07, 6.45) is 2.17. The van der Waals surface area contributed by atoms with Gasteiger partial charge in [0.05, 0.1) is 0 Å². The molecule has 1 saturated carbocycles. The van der Waals surface area contributed by atoms with Crippen molar-refractivity contribution in [1.82, 2.24) is 4.90 Å². The fourth-order valence-electron chi connectivity index (χ4n) is 2.60. The van der Waals surface area contributed by atoms with E-state index in [4.69, 9.17) is 10.5 Å². The molecule has 0 aromatic rings. The molecule has 1 atom stereocenters. The van der Waals surface area contributed by atoms with Gasteiger partial charge < -0.3 is 15.4 Å². The zero-order valence-corrected chi connectivity index (χ0v) is 10.5. The largest absolute Gasteiger partial charge is 0.444 e. The Labute approximate surface area is 97.1 Å². The Balaban J connectivity index is 1.75. The molecule has 2 rings (SSSR count). The van der Waals surface area contributed by atoms with Crippen LogP contribution in [0.2, 0.25) is 0 Å². The summed E-state index contributed by atoms with van der Waals surface area (Å²) < 4.78 is 5.32. The number of likely N-dealkylation sites (tertiary alicyclic amines) is 1. The van der Waals surface area contributed by atoms with Gasteiger partial charge in [0.25, 0.3) is 0 Å². The number of ether oxygens (including phenoxy) is 1. The minimum Gasteiger partial charge on any atom is -0.444 e. The van der Waals surface area contributed by atoms with Crippen molar-refractivity contribution < 1.29 is 9.53 Å². The van der Waals surface area contributed by atoms with Crippen molar-refractivity contribution in [3.05, 3.63) is 0 Å². The standard InChI is InChI=1S/C12H22N2O2/c1-11(2,3)16-10(15)14-7-12(8-14)6-9(12)4-5-13/h9H,4-8,13H2,1-3H3. The lowest BCUT2D eigenvalue weighted by molar-refractivity contribution is -0.00939. The van der Waals surface area contributed by atoms with Gasteiger partial charge in [0.1, 0.15) is 5.60 Å².